The van der Waals surface area contributed by atoms with Crippen LogP contribution in [-0.2, 0) is 9.53 Å². The maximum absolute atomic E-state index is 11.7. The van der Waals surface area contributed by atoms with Crippen LogP contribution in [0.5, 0.6) is 0 Å². The van der Waals surface area contributed by atoms with E-state index < -0.39 is 29.4 Å². The summed E-state index contributed by atoms with van der Waals surface area (Å²) in [6, 6.07) is 5.36. The van der Waals surface area contributed by atoms with Crippen LogP contribution >= 0.6 is 0 Å². The largest absolute Gasteiger partial charge is 0.467 e. The molecule has 0 aliphatic rings. The van der Waals surface area contributed by atoms with Crippen LogP contribution in [0.1, 0.15) is 10.4 Å². The first-order valence-electron chi connectivity index (χ1n) is 5.25. The number of nitro benzene ring substituents is 1. The van der Waals surface area contributed by atoms with Gasteiger partial charge in [0.1, 0.15) is 5.56 Å². The Bertz CT molecular complexity index is 502. The Labute approximate surface area is 108 Å². The molecule has 102 valence electrons. The number of carbonyl (C=O) groups excluding carboxylic acids is 2. The lowest BCUT2D eigenvalue weighted by atomic mass is 10.1. The molecule has 0 saturated heterocycles. The number of rotatable bonds is 5. The fourth-order valence-corrected chi connectivity index (χ4v) is 1.33. The molecule has 2 N–H and O–H groups in total. The highest BCUT2D eigenvalue weighted by Crippen LogP contribution is 2.17. The minimum atomic E-state index is -1.52. The maximum Gasteiger partial charge on any atom is 0.336 e. The zero-order valence-corrected chi connectivity index (χ0v) is 10.0. The number of amides is 1. The van der Waals surface area contributed by atoms with Crippen LogP contribution in [-0.4, -0.2) is 41.7 Å². The van der Waals surface area contributed by atoms with Gasteiger partial charge in [-0.1, -0.05) is 12.1 Å². The normalized spacial score (nSPS) is 11.5. The van der Waals surface area contributed by atoms with E-state index in [0.29, 0.717) is 0 Å². The predicted octanol–water partition coefficient (Wildman–Crippen LogP) is -0.142. The Hall–Kier alpha value is -2.48. The smallest absolute Gasteiger partial charge is 0.336 e. The van der Waals surface area contributed by atoms with E-state index in [2.05, 4.69) is 10.1 Å². The first-order chi connectivity index (χ1) is 8.97. The number of methoxy groups -OCH3 is 1. The summed E-state index contributed by atoms with van der Waals surface area (Å²) >= 11 is 0. The van der Waals surface area contributed by atoms with Crippen molar-refractivity contribution >= 4 is 17.6 Å². The number of aliphatic hydroxyl groups excluding tert-OH is 1. The molecule has 1 amide bonds. The Balaban J connectivity index is 2.74. The van der Waals surface area contributed by atoms with Gasteiger partial charge in [-0.2, -0.15) is 0 Å². The highest BCUT2D eigenvalue weighted by molar-refractivity contribution is 5.98. The van der Waals surface area contributed by atoms with Crippen LogP contribution in [0.15, 0.2) is 24.3 Å². The molecule has 1 unspecified atom stereocenters. The summed E-state index contributed by atoms with van der Waals surface area (Å²) < 4.78 is 4.26. The third-order valence-electron chi connectivity index (χ3n) is 2.27. The summed E-state index contributed by atoms with van der Waals surface area (Å²) in [7, 11) is 1.09. The number of hydrogen-bond donors (Lipinski definition) is 2. The molecular formula is C11H12N2O6. The quantitative estimate of drug-likeness (QED) is 0.436. The number of hydrogen-bond acceptors (Lipinski definition) is 6. The van der Waals surface area contributed by atoms with Gasteiger partial charge < -0.3 is 15.2 Å². The molecule has 0 heterocycles. The highest BCUT2D eigenvalue weighted by Gasteiger charge is 2.21. The van der Waals surface area contributed by atoms with E-state index in [1.807, 2.05) is 0 Å². The van der Waals surface area contributed by atoms with Gasteiger partial charge in [0.05, 0.1) is 18.6 Å². The van der Waals surface area contributed by atoms with Crippen molar-refractivity contribution in [3.05, 3.63) is 39.9 Å². The number of para-hydroxylation sites is 1. The van der Waals surface area contributed by atoms with E-state index >= 15 is 0 Å². The van der Waals surface area contributed by atoms with Gasteiger partial charge in [-0.3, -0.25) is 14.9 Å². The van der Waals surface area contributed by atoms with Crippen molar-refractivity contribution in [1.29, 1.82) is 0 Å². The van der Waals surface area contributed by atoms with Crippen LogP contribution in [0.3, 0.4) is 0 Å². The summed E-state index contributed by atoms with van der Waals surface area (Å²) in [5.41, 5.74) is -0.503. The summed E-state index contributed by atoms with van der Waals surface area (Å²) in [6.07, 6.45) is -1.52. The average Bonchev–Trinajstić information content (AvgIpc) is 2.43. The number of nitrogens with one attached hydrogen (secondary N) is 1. The summed E-state index contributed by atoms with van der Waals surface area (Å²) in [5, 5.41) is 22.2. The van der Waals surface area contributed by atoms with Gasteiger partial charge in [0, 0.05) is 6.07 Å². The third-order valence-corrected chi connectivity index (χ3v) is 2.27. The summed E-state index contributed by atoms with van der Waals surface area (Å²) in [5.74, 6) is -1.65. The van der Waals surface area contributed by atoms with Crippen molar-refractivity contribution in [3.63, 3.8) is 0 Å². The summed E-state index contributed by atoms with van der Waals surface area (Å²) in [4.78, 5) is 32.6. The molecule has 1 aromatic rings. The molecule has 0 aliphatic heterocycles. The second-order valence-electron chi connectivity index (χ2n) is 3.52. The molecule has 0 aromatic heterocycles. The molecule has 8 heteroatoms. The molecule has 1 atom stereocenters. The number of esters is 1. The van der Waals surface area contributed by atoms with Crippen LogP contribution in [0.4, 0.5) is 5.69 Å². The number of benzene rings is 1. The summed E-state index contributed by atoms with van der Waals surface area (Å²) in [6.45, 7) is -0.391. The van der Waals surface area contributed by atoms with E-state index in [0.717, 1.165) is 7.11 Å². The first-order valence-corrected chi connectivity index (χ1v) is 5.25. The minimum absolute atomic E-state index is 0.149. The van der Waals surface area contributed by atoms with E-state index in [4.69, 9.17) is 0 Å². The van der Waals surface area contributed by atoms with Crippen molar-refractivity contribution in [2.24, 2.45) is 0 Å². The zero-order chi connectivity index (χ0) is 14.4. The van der Waals surface area contributed by atoms with Crippen molar-refractivity contribution in [1.82, 2.24) is 5.32 Å². The molecule has 0 fully saturated rings. The van der Waals surface area contributed by atoms with Gasteiger partial charge in [-0.15, -0.1) is 0 Å². The Kier molecular flexibility index (Phi) is 4.95. The van der Waals surface area contributed by atoms with Gasteiger partial charge in [-0.05, 0) is 6.07 Å². The van der Waals surface area contributed by atoms with E-state index in [-0.39, 0.29) is 11.3 Å². The van der Waals surface area contributed by atoms with Crippen LogP contribution in [0.2, 0.25) is 0 Å². The molecule has 0 saturated carbocycles. The van der Waals surface area contributed by atoms with E-state index in [1.54, 1.807) is 0 Å². The molecule has 1 rings (SSSR count). The number of carbonyl (C=O) groups is 2. The second-order valence-corrected chi connectivity index (χ2v) is 3.52. The number of ether oxygens (including phenoxy) is 1. The number of nitrogens with zero attached hydrogens (tertiary/aromatic N) is 1. The highest BCUT2D eigenvalue weighted by atomic mass is 16.6. The van der Waals surface area contributed by atoms with Crippen molar-refractivity contribution < 1.29 is 24.4 Å². The third kappa shape index (κ3) is 3.75. The lowest BCUT2D eigenvalue weighted by Gasteiger charge is -2.09. The zero-order valence-electron chi connectivity index (χ0n) is 10.0. The fraction of sp³-hybridized carbons (Fsp3) is 0.273. The van der Waals surface area contributed by atoms with Gasteiger partial charge in [-0.25, -0.2) is 4.79 Å². The molecule has 19 heavy (non-hydrogen) atoms. The van der Waals surface area contributed by atoms with Crippen LogP contribution in [0, 0.1) is 10.1 Å². The first kappa shape index (κ1) is 14.6. The molecule has 1 aromatic carbocycles. The van der Waals surface area contributed by atoms with Crippen molar-refractivity contribution in [2.45, 2.75) is 6.10 Å². The molecule has 0 radical (unpaired) electrons. The van der Waals surface area contributed by atoms with Crippen LogP contribution in [0.25, 0.3) is 0 Å². The average molecular weight is 268 g/mol. The monoisotopic (exact) mass is 268 g/mol. The molecule has 0 bridgehead atoms. The van der Waals surface area contributed by atoms with Crippen molar-refractivity contribution in [2.75, 3.05) is 13.7 Å². The maximum atomic E-state index is 11.7. The van der Waals surface area contributed by atoms with Crippen molar-refractivity contribution in [3.8, 4) is 0 Å². The lowest BCUT2D eigenvalue weighted by Crippen LogP contribution is -2.37. The lowest BCUT2D eigenvalue weighted by molar-refractivity contribution is -0.385. The van der Waals surface area contributed by atoms with Crippen LogP contribution < -0.4 is 5.32 Å². The molecular weight excluding hydrogens is 256 g/mol. The number of nitro groups is 1. The van der Waals surface area contributed by atoms with Gasteiger partial charge >= 0.3 is 5.97 Å². The fourth-order valence-electron chi connectivity index (χ4n) is 1.33. The second kappa shape index (κ2) is 6.45. The Morgan fingerprint density at radius 3 is 2.68 bits per heavy atom. The van der Waals surface area contributed by atoms with E-state index in [1.165, 1.54) is 24.3 Å². The minimum Gasteiger partial charge on any atom is -0.467 e. The SMILES string of the molecule is COC(=O)C(O)CNC(=O)c1ccccc1[N+](=O)[O-]. The molecule has 0 aliphatic carbocycles. The Morgan fingerprint density at radius 2 is 2.11 bits per heavy atom. The van der Waals surface area contributed by atoms with E-state index in [9.17, 15) is 24.8 Å². The topological polar surface area (TPSA) is 119 Å². The van der Waals surface area contributed by atoms with Gasteiger partial charge in [0.25, 0.3) is 11.6 Å². The molecule has 0 spiro atoms. The number of aliphatic hydroxyl groups is 1. The predicted molar refractivity (Wildman–Crippen MR) is 63.5 cm³/mol. The standard InChI is InChI=1S/C11H12N2O6/c1-19-11(16)9(14)6-12-10(15)7-4-2-3-5-8(7)13(17)18/h2-5,9,14H,6H2,1H3,(H,12,15). The Morgan fingerprint density at radius 1 is 1.47 bits per heavy atom. The van der Waals surface area contributed by atoms with Gasteiger partial charge in [0.15, 0.2) is 6.10 Å². The molecule has 8 nitrogen and oxygen atoms in total. The van der Waals surface area contributed by atoms with Gasteiger partial charge in [0.2, 0.25) is 0 Å².